The first-order chi connectivity index (χ1) is 9.05. The van der Waals surface area contributed by atoms with E-state index in [2.05, 4.69) is 5.32 Å². The van der Waals surface area contributed by atoms with Crippen LogP contribution in [0.5, 0.6) is 0 Å². The summed E-state index contributed by atoms with van der Waals surface area (Å²) >= 11 is 0. The van der Waals surface area contributed by atoms with E-state index in [4.69, 9.17) is 9.15 Å². The Morgan fingerprint density at radius 2 is 2.11 bits per heavy atom. The Morgan fingerprint density at radius 1 is 1.42 bits per heavy atom. The molecule has 1 aromatic heterocycles. The third kappa shape index (κ3) is 2.78. The van der Waals surface area contributed by atoms with Crippen LogP contribution < -0.4 is 5.32 Å². The number of rotatable bonds is 4. The molecule has 6 heteroatoms. The zero-order valence-electron chi connectivity index (χ0n) is 10.8. The molecule has 0 radical (unpaired) electrons. The second-order valence-electron chi connectivity index (χ2n) is 4.77. The van der Waals surface area contributed by atoms with Crippen molar-refractivity contribution in [3.05, 3.63) is 23.7 Å². The van der Waals surface area contributed by atoms with Crippen molar-refractivity contribution in [3.8, 4) is 0 Å². The molecule has 0 spiro atoms. The Kier molecular flexibility index (Phi) is 3.90. The van der Waals surface area contributed by atoms with Crippen LogP contribution >= 0.6 is 0 Å². The summed E-state index contributed by atoms with van der Waals surface area (Å²) in [6.45, 7) is 2.62. The minimum Gasteiger partial charge on any atom is -0.481 e. The van der Waals surface area contributed by atoms with E-state index in [1.165, 1.54) is 6.26 Å². The van der Waals surface area contributed by atoms with E-state index in [9.17, 15) is 14.7 Å². The first kappa shape index (κ1) is 13.6. The molecule has 0 atom stereocenters. The number of carboxylic acids is 1. The Balaban J connectivity index is 2.02. The van der Waals surface area contributed by atoms with Gasteiger partial charge in [-0.15, -0.1) is 0 Å². The molecule has 1 aliphatic rings. The molecule has 104 valence electrons. The molecule has 2 heterocycles. The molecule has 1 amide bonds. The molecular formula is C13H17NO5. The maximum atomic E-state index is 11.9. The lowest BCUT2D eigenvalue weighted by Gasteiger charge is -2.33. The van der Waals surface area contributed by atoms with E-state index in [0.717, 1.165) is 0 Å². The minimum atomic E-state index is -0.925. The summed E-state index contributed by atoms with van der Waals surface area (Å²) in [4.78, 5) is 23.4. The number of aliphatic carboxylic acids is 1. The number of furan rings is 1. The van der Waals surface area contributed by atoms with Gasteiger partial charge in [-0.05, 0) is 25.8 Å². The normalized spacial score (nSPS) is 17.9. The third-order valence-electron chi connectivity index (χ3n) is 3.59. The highest BCUT2D eigenvalue weighted by atomic mass is 16.5. The standard InChI is InChI=1S/C13H17NO5/c1-9-10(2-5-19-9)11(15)14-8-13(12(16)17)3-6-18-7-4-13/h2,5H,3-4,6-8H2,1H3,(H,14,15)(H,16,17). The highest BCUT2D eigenvalue weighted by Crippen LogP contribution is 2.30. The number of carbonyl (C=O) groups is 2. The lowest BCUT2D eigenvalue weighted by atomic mass is 9.80. The van der Waals surface area contributed by atoms with Crippen molar-refractivity contribution in [1.29, 1.82) is 0 Å². The van der Waals surface area contributed by atoms with E-state index in [0.29, 0.717) is 37.4 Å². The van der Waals surface area contributed by atoms with Gasteiger partial charge >= 0.3 is 5.97 Å². The number of amides is 1. The summed E-state index contributed by atoms with van der Waals surface area (Å²) in [5.41, 5.74) is -0.487. The Hall–Kier alpha value is -1.82. The van der Waals surface area contributed by atoms with Crippen LogP contribution in [0.25, 0.3) is 0 Å². The van der Waals surface area contributed by atoms with Crippen molar-refractivity contribution >= 4 is 11.9 Å². The van der Waals surface area contributed by atoms with Crippen LogP contribution in [0.3, 0.4) is 0 Å². The first-order valence-electron chi connectivity index (χ1n) is 6.19. The van der Waals surface area contributed by atoms with E-state index < -0.39 is 11.4 Å². The monoisotopic (exact) mass is 267 g/mol. The summed E-state index contributed by atoms with van der Waals surface area (Å²) in [6.07, 6.45) is 2.26. The zero-order valence-corrected chi connectivity index (χ0v) is 10.8. The molecule has 0 aromatic carbocycles. The van der Waals surface area contributed by atoms with Gasteiger partial charge in [-0.1, -0.05) is 0 Å². The second kappa shape index (κ2) is 5.44. The molecule has 2 N–H and O–H groups in total. The molecule has 6 nitrogen and oxygen atoms in total. The number of nitrogens with one attached hydrogen (secondary N) is 1. The number of carbonyl (C=O) groups excluding carboxylic acids is 1. The highest BCUT2D eigenvalue weighted by molar-refractivity contribution is 5.95. The first-order valence-corrected chi connectivity index (χ1v) is 6.19. The minimum absolute atomic E-state index is 0.106. The zero-order chi connectivity index (χ0) is 13.9. The SMILES string of the molecule is Cc1occc1C(=O)NCC1(C(=O)O)CCOCC1. The maximum absolute atomic E-state index is 11.9. The largest absolute Gasteiger partial charge is 0.481 e. The Morgan fingerprint density at radius 3 is 2.63 bits per heavy atom. The van der Waals surface area contributed by atoms with Gasteiger partial charge in [0.15, 0.2) is 0 Å². The molecule has 1 aliphatic heterocycles. The van der Waals surface area contributed by atoms with Gasteiger partial charge in [-0.2, -0.15) is 0 Å². The smallest absolute Gasteiger partial charge is 0.311 e. The van der Waals surface area contributed by atoms with E-state index >= 15 is 0 Å². The van der Waals surface area contributed by atoms with Crippen LogP contribution in [-0.2, 0) is 9.53 Å². The van der Waals surface area contributed by atoms with E-state index in [-0.39, 0.29) is 12.5 Å². The van der Waals surface area contributed by atoms with Gasteiger partial charge in [-0.3, -0.25) is 9.59 Å². The number of aryl methyl sites for hydroxylation is 1. The lowest BCUT2D eigenvalue weighted by Crippen LogP contribution is -2.46. The fraction of sp³-hybridized carbons (Fsp3) is 0.538. The van der Waals surface area contributed by atoms with Gasteiger partial charge in [0.2, 0.25) is 0 Å². The summed E-state index contributed by atoms with van der Waals surface area (Å²) in [7, 11) is 0. The highest BCUT2D eigenvalue weighted by Gasteiger charge is 2.40. The molecule has 2 rings (SSSR count). The van der Waals surface area contributed by atoms with Crippen LogP contribution in [0, 0.1) is 12.3 Å². The second-order valence-corrected chi connectivity index (χ2v) is 4.77. The van der Waals surface area contributed by atoms with Gasteiger partial charge in [0.25, 0.3) is 5.91 Å². The van der Waals surface area contributed by atoms with Crippen molar-refractivity contribution in [2.45, 2.75) is 19.8 Å². The fourth-order valence-electron chi connectivity index (χ4n) is 2.19. The molecule has 1 aromatic rings. The predicted molar refractivity (Wildman–Crippen MR) is 65.9 cm³/mol. The van der Waals surface area contributed by atoms with Crippen LogP contribution in [0.4, 0.5) is 0 Å². The van der Waals surface area contributed by atoms with Crippen molar-refractivity contribution < 1.29 is 23.8 Å². The molecule has 0 aliphatic carbocycles. The molecule has 19 heavy (non-hydrogen) atoms. The van der Waals surface area contributed by atoms with Gasteiger partial charge in [0.05, 0.1) is 17.2 Å². The average Bonchev–Trinajstić information content (AvgIpc) is 2.83. The van der Waals surface area contributed by atoms with Gasteiger partial charge < -0.3 is 19.6 Å². The van der Waals surface area contributed by atoms with Crippen LogP contribution in [0.2, 0.25) is 0 Å². The van der Waals surface area contributed by atoms with Crippen LogP contribution in [0.15, 0.2) is 16.7 Å². The number of hydrogen-bond donors (Lipinski definition) is 2. The quantitative estimate of drug-likeness (QED) is 0.855. The van der Waals surface area contributed by atoms with Crippen molar-refractivity contribution in [2.24, 2.45) is 5.41 Å². The molecule has 1 fully saturated rings. The third-order valence-corrected chi connectivity index (χ3v) is 3.59. The van der Waals surface area contributed by atoms with Crippen LogP contribution in [-0.4, -0.2) is 36.7 Å². The molecule has 0 bridgehead atoms. The van der Waals surface area contributed by atoms with Crippen molar-refractivity contribution in [1.82, 2.24) is 5.32 Å². The van der Waals surface area contributed by atoms with Gasteiger partial charge in [0.1, 0.15) is 5.76 Å². The summed E-state index contributed by atoms with van der Waals surface area (Å²) < 4.78 is 10.2. The Labute approximate surface area is 110 Å². The maximum Gasteiger partial charge on any atom is 0.311 e. The fourth-order valence-corrected chi connectivity index (χ4v) is 2.19. The molecule has 0 unspecified atom stereocenters. The molecule has 1 saturated heterocycles. The average molecular weight is 267 g/mol. The summed E-state index contributed by atoms with van der Waals surface area (Å²) in [5.74, 6) is -0.674. The summed E-state index contributed by atoms with van der Waals surface area (Å²) in [5, 5.41) is 12.0. The number of ether oxygens (including phenoxy) is 1. The predicted octanol–water partition coefficient (Wildman–Crippen LogP) is 1.20. The van der Waals surface area contributed by atoms with Crippen LogP contribution in [0.1, 0.15) is 29.0 Å². The molecular weight excluding hydrogens is 250 g/mol. The van der Waals surface area contributed by atoms with Crippen molar-refractivity contribution in [3.63, 3.8) is 0 Å². The lowest BCUT2D eigenvalue weighted by molar-refractivity contribution is -0.154. The van der Waals surface area contributed by atoms with Gasteiger partial charge in [0, 0.05) is 19.8 Å². The number of hydrogen-bond acceptors (Lipinski definition) is 4. The Bertz CT molecular complexity index is 473. The van der Waals surface area contributed by atoms with E-state index in [1.807, 2.05) is 0 Å². The number of carboxylic acid groups (broad SMARTS) is 1. The van der Waals surface area contributed by atoms with Crippen molar-refractivity contribution in [2.75, 3.05) is 19.8 Å². The molecule has 0 saturated carbocycles. The van der Waals surface area contributed by atoms with E-state index in [1.54, 1.807) is 13.0 Å². The topological polar surface area (TPSA) is 88.8 Å². The summed E-state index contributed by atoms with van der Waals surface area (Å²) in [6, 6.07) is 1.57. The van der Waals surface area contributed by atoms with Gasteiger partial charge in [-0.25, -0.2) is 0 Å².